The monoisotopic (exact) mass is 631 g/mol. The number of aromatic nitrogens is 1. The van der Waals surface area contributed by atoms with Crippen molar-refractivity contribution in [3.8, 4) is 11.1 Å². The molecule has 8 heteroatoms. The fourth-order valence-electron chi connectivity index (χ4n) is 5.42. The van der Waals surface area contributed by atoms with Crippen molar-refractivity contribution in [2.75, 3.05) is 44.3 Å². The van der Waals surface area contributed by atoms with Crippen molar-refractivity contribution < 1.29 is 9.59 Å². The van der Waals surface area contributed by atoms with Gasteiger partial charge in [-0.05, 0) is 0 Å². The van der Waals surface area contributed by atoms with E-state index in [4.69, 9.17) is 5.73 Å². The van der Waals surface area contributed by atoms with Gasteiger partial charge in [-0.2, -0.15) is 0 Å². The number of nitrogen functional groups attached to an aromatic ring is 1. The number of nitrogens with zero attached hydrogens (tertiary/aromatic N) is 3. The van der Waals surface area contributed by atoms with Crippen LogP contribution in [0.5, 0.6) is 0 Å². The molecule has 43 heavy (non-hydrogen) atoms. The maximum absolute atomic E-state index is 13.9. The third-order valence-electron chi connectivity index (χ3n) is 7.91. The number of hydrogen-bond donors (Lipinski definition) is 2. The van der Waals surface area contributed by atoms with Crippen LogP contribution in [-0.4, -0.2) is 74.2 Å². The van der Waals surface area contributed by atoms with E-state index < -0.39 is 21.8 Å². The van der Waals surface area contributed by atoms with Crippen LogP contribution in [0, 0.1) is 0 Å². The summed E-state index contributed by atoms with van der Waals surface area (Å²) in [6, 6.07) is 33.3. The molecule has 2 heterocycles. The zero-order valence-electron chi connectivity index (χ0n) is 24.0. The van der Waals surface area contributed by atoms with Crippen LogP contribution in [0.4, 0.5) is 11.4 Å². The SMILES string of the molecule is CN1CCN(C(C(=O)[AsH]c2ccc3ccccc3c2)c2ccc(C(=O)Nc3cc(-c4ccccc4)ccc3N)cn2)CC1. The molecule has 1 amide bonds. The number of rotatable bonds is 8. The number of anilines is 2. The summed E-state index contributed by atoms with van der Waals surface area (Å²) in [6.45, 7) is 3.36. The Hall–Kier alpha value is -4.29. The van der Waals surface area contributed by atoms with Crippen LogP contribution in [0.1, 0.15) is 22.1 Å². The maximum atomic E-state index is 13.9. The molecule has 2 atom stereocenters. The Balaban J connectivity index is 1.22. The summed E-state index contributed by atoms with van der Waals surface area (Å²) < 4.78 is 1.32. The molecule has 6 rings (SSSR count). The van der Waals surface area contributed by atoms with Crippen molar-refractivity contribution >= 4 is 52.7 Å². The predicted octanol–water partition coefficient (Wildman–Crippen LogP) is 4.31. The molecule has 0 bridgehead atoms. The van der Waals surface area contributed by atoms with E-state index in [-0.39, 0.29) is 10.5 Å². The molecule has 0 saturated carbocycles. The van der Waals surface area contributed by atoms with Gasteiger partial charge in [-0.1, -0.05) is 30.3 Å². The summed E-state index contributed by atoms with van der Waals surface area (Å²) in [5.41, 5.74) is 10.3. The average Bonchev–Trinajstić information content (AvgIpc) is 3.04. The molecule has 0 spiro atoms. The number of carbonyl (C=O) groups is 2. The van der Waals surface area contributed by atoms with Gasteiger partial charge in [-0.15, -0.1) is 0 Å². The number of benzene rings is 4. The van der Waals surface area contributed by atoms with Gasteiger partial charge in [0.25, 0.3) is 0 Å². The number of carbonyl (C=O) groups excluding carboxylic acids is 2. The predicted molar refractivity (Wildman–Crippen MR) is 176 cm³/mol. The van der Waals surface area contributed by atoms with E-state index in [0.29, 0.717) is 22.6 Å². The second-order valence-corrected chi connectivity index (χ2v) is 13.7. The quantitative estimate of drug-likeness (QED) is 0.196. The molecule has 1 fully saturated rings. The van der Waals surface area contributed by atoms with Crippen molar-refractivity contribution in [2.24, 2.45) is 0 Å². The third kappa shape index (κ3) is 6.70. The second-order valence-electron chi connectivity index (χ2n) is 10.9. The number of nitrogens with one attached hydrogen (secondary N) is 1. The second kappa shape index (κ2) is 12.9. The van der Waals surface area contributed by atoms with Crippen molar-refractivity contribution in [1.29, 1.82) is 0 Å². The van der Waals surface area contributed by atoms with Crippen LogP contribution in [0.25, 0.3) is 21.9 Å². The van der Waals surface area contributed by atoms with Crippen LogP contribution >= 0.6 is 0 Å². The molecule has 0 aliphatic carbocycles. The van der Waals surface area contributed by atoms with Crippen molar-refractivity contribution in [2.45, 2.75) is 6.04 Å². The van der Waals surface area contributed by atoms with Crippen molar-refractivity contribution in [3.63, 3.8) is 0 Å². The Kier molecular flexibility index (Phi) is 8.66. The molecular formula is C35H34AsN5O2. The van der Waals surface area contributed by atoms with Crippen molar-refractivity contribution in [3.05, 3.63) is 121 Å². The Bertz CT molecular complexity index is 1750. The normalized spacial score (nSPS) is 15.1. The van der Waals surface area contributed by atoms with Gasteiger partial charge in [0.15, 0.2) is 0 Å². The molecule has 2 unspecified atom stereocenters. The van der Waals surface area contributed by atoms with Crippen LogP contribution in [0.2, 0.25) is 0 Å². The number of piperazine rings is 1. The van der Waals surface area contributed by atoms with Crippen LogP contribution < -0.4 is 15.4 Å². The van der Waals surface area contributed by atoms with Crippen molar-refractivity contribution in [1.82, 2.24) is 14.8 Å². The third-order valence-corrected chi connectivity index (χ3v) is 10.3. The van der Waals surface area contributed by atoms with Gasteiger partial charge in [0.05, 0.1) is 0 Å². The minimum atomic E-state index is -1.09. The molecule has 1 saturated heterocycles. The van der Waals surface area contributed by atoms with E-state index in [2.05, 4.69) is 57.5 Å². The molecule has 5 aromatic rings. The molecule has 3 N–H and O–H groups in total. The van der Waals surface area contributed by atoms with E-state index in [1.165, 1.54) is 5.39 Å². The molecule has 1 aliphatic rings. The van der Waals surface area contributed by atoms with E-state index >= 15 is 0 Å². The number of fused-ring (bicyclic) bond motifs is 1. The topological polar surface area (TPSA) is 91.6 Å². The summed E-state index contributed by atoms with van der Waals surface area (Å²) in [6.07, 6.45) is 1.56. The Morgan fingerprint density at radius 3 is 2.30 bits per heavy atom. The fraction of sp³-hybridized carbons (Fsp3) is 0.171. The number of nitrogens with two attached hydrogens (primary N) is 1. The van der Waals surface area contributed by atoms with Crippen LogP contribution in [0.15, 0.2) is 109 Å². The molecule has 0 radical (unpaired) electrons. The summed E-state index contributed by atoms with van der Waals surface area (Å²) in [5, 5.41) is 5.26. The first-order valence-corrected chi connectivity index (χ1v) is 16.5. The van der Waals surface area contributed by atoms with Gasteiger partial charge < -0.3 is 0 Å². The van der Waals surface area contributed by atoms with Gasteiger partial charge in [0.2, 0.25) is 0 Å². The van der Waals surface area contributed by atoms with E-state index in [1.807, 2.05) is 60.7 Å². The Morgan fingerprint density at radius 1 is 0.814 bits per heavy atom. The van der Waals surface area contributed by atoms with E-state index in [0.717, 1.165) is 47.0 Å². The average molecular weight is 632 g/mol. The zero-order valence-corrected chi connectivity index (χ0v) is 26.1. The number of hydrogen-bond acceptors (Lipinski definition) is 6. The molecule has 7 nitrogen and oxygen atoms in total. The van der Waals surface area contributed by atoms with Gasteiger partial charge in [0.1, 0.15) is 0 Å². The first-order valence-electron chi connectivity index (χ1n) is 14.4. The molecule has 4 aromatic carbocycles. The number of pyridine rings is 1. The first kappa shape index (κ1) is 28.8. The van der Waals surface area contributed by atoms with E-state index in [9.17, 15) is 9.59 Å². The standard InChI is InChI=1S/C35H34AsN5O2/c1-40-17-19-41(20-18-40)33(34(42)36-29-14-11-25-9-5-6-10-26(25)21-29)31-16-13-28(23-38-31)35(43)39-32-22-27(12-15-30(32)37)24-7-3-2-4-8-24/h2-16,21-23,33,36H,17-20,37H2,1H3,(H,39,43). The summed E-state index contributed by atoms with van der Waals surface area (Å²) in [4.78, 5) is 36.4. The van der Waals surface area contributed by atoms with Gasteiger partial charge in [0, 0.05) is 0 Å². The molecule has 1 aromatic heterocycles. The number of likely N-dealkylation sites (N-methyl/N-ethyl adjacent to an activating group) is 1. The Morgan fingerprint density at radius 2 is 1.56 bits per heavy atom. The van der Waals surface area contributed by atoms with Gasteiger partial charge in [-0.25, -0.2) is 0 Å². The fourth-order valence-corrected chi connectivity index (χ4v) is 7.82. The first-order chi connectivity index (χ1) is 20.9. The number of amides is 1. The summed E-state index contributed by atoms with van der Waals surface area (Å²) in [5.74, 6) is -0.303. The molecule has 1 aliphatic heterocycles. The van der Waals surface area contributed by atoms with Crippen LogP contribution in [0.3, 0.4) is 0 Å². The minimum absolute atomic E-state index is 0.218. The summed E-state index contributed by atoms with van der Waals surface area (Å²) in [7, 11) is 2.10. The molecule has 216 valence electrons. The van der Waals surface area contributed by atoms with Gasteiger partial charge in [-0.3, -0.25) is 0 Å². The summed E-state index contributed by atoms with van der Waals surface area (Å²) >= 11 is -1.09. The van der Waals surface area contributed by atoms with Crippen LogP contribution in [-0.2, 0) is 4.79 Å². The van der Waals surface area contributed by atoms with E-state index in [1.54, 1.807) is 18.3 Å². The Labute approximate surface area is 258 Å². The molecular weight excluding hydrogens is 597 g/mol. The van der Waals surface area contributed by atoms with Gasteiger partial charge >= 0.3 is 229 Å². The zero-order chi connectivity index (χ0) is 29.8.